The summed E-state index contributed by atoms with van der Waals surface area (Å²) in [4.78, 5) is 38.2. The molecule has 0 aromatic rings. The van der Waals surface area contributed by atoms with Gasteiger partial charge in [0.1, 0.15) is 13.2 Å². The lowest BCUT2D eigenvalue weighted by atomic mass is 10.0. The van der Waals surface area contributed by atoms with Crippen molar-refractivity contribution < 1.29 is 28.6 Å². The van der Waals surface area contributed by atoms with Gasteiger partial charge in [0.05, 0.1) is 0 Å². The van der Waals surface area contributed by atoms with Gasteiger partial charge < -0.3 is 14.2 Å². The number of rotatable bonds is 52. The smallest absolute Gasteiger partial charge is 0.306 e. The third-order valence-corrected chi connectivity index (χ3v) is 12.4. The van der Waals surface area contributed by atoms with Crippen LogP contribution in [0.1, 0.15) is 278 Å². The van der Waals surface area contributed by atoms with Gasteiger partial charge >= 0.3 is 17.9 Å². The number of ether oxygens (including phenoxy) is 3. The molecular weight excluding hydrogens is 853 g/mol. The number of carbonyl (C=O) groups is 3. The van der Waals surface area contributed by atoms with Crippen LogP contribution in [0, 0.1) is 0 Å². The first-order valence-electron chi connectivity index (χ1n) is 29.1. The molecule has 0 aliphatic carbocycles. The summed E-state index contributed by atoms with van der Waals surface area (Å²) in [5, 5.41) is 0. The summed E-state index contributed by atoms with van der Waals surface area (Å²) in [6, 6.07) is 0. The maximum absolute atomic E-state index is 12.9. The number of hydrogen-bond acceptors (Lipinski definition) is 6. The van der Waals surface area contributed by atoms with Crippen LogP contribution in [0.3, 0.4) is 0 Å². The summed E-state index contributed by atoms with van der Waals surface area (Å²) in [6.45, 7) is 6.49. The SMILES string of the molecule is CC/C=C\C/C=C\C/C=C\C/C=C\CCCCCC(=O)OCC(COC(=O)CCCCCCC\C=C/C=C\C=C/CCCCCCC)OC(=O)CCCCCCCCCCCCCCCCCCC. The number of allylic oxidation sites excluding steroid dienone is 14. The summed E-state index contributed by atoms with van der Waals surface area (Å²) in [5.74, 6) is -0.936. The highest BCUT2D eigenvalue weighted by Crippen LogP contribution is 2.16. The minimum atomic E-state index is -0.798. The second-order valence-corrected chi connectivity index (χ2v) is 19.2. The lowest BCUT2D eigenvalue weighted by Gasteiger charge is -2.18. The Kier molecular flexibility index (Phi) is 54.3. The molecule has 0 radical (unpaired) electrons. The molecule has 0 aliphatic rings. The Morgan fingerprint density at radius 3 is 1.01 bits per heavy atom. The molecule has 6 heteroatoms. The van der Waals surface area contributed by atoms with Crippen LogP contribution in [-0.2, 0) is 28.6 Å². The van der Waals surface area contributed by atoms with Crippen molar-refractivity contribution in [2.24, 2.45) is 0 Å². The zero-order valence-electron chi connectivity index (χ0n) is 45.3. The van der Waals surface area contributed by atoms with Crippen molar-refractivity contribution >= 4 is 17.9 Å². The predicted molar refractivity (Wildman–Crippen MR) is 297 cm³/mol. The fourth-order valence-electron chi connectivity index (χ4n) is 8.08. The molecule has 1 unspecified atom stereocenters. The van der Waals surface area contributed by atoms with E-state index >= 15 is 0 Å². The molecule has 0 aromatic heterocycles. The normalized spacial score (nSPS) is 12.7. The Bertz CT molecular complexity index is 1330. The van der Waals surface area contributed by atoms with Gasteiger partial charge in [0.2, 0.25) is 0 Å². The number of unbranched alkanes of at least 4 members (excludes halogenated alkanes) is 29. The highest BCUT2D eigenvalue weighted by molar-refractivity contribution is 5.71. The van der Waals surface area contributed by atoms with E-state index in [0.717, 1.165) is 116 Å². The zero-order valence-corrected chi connectivity index (χ0v) is 45.3. The average Bonchev–Trinajstić information content (AvgIpc) is 3.35. The Balaban J connectivity index is 4.46. The van der Waals surface area contributed by atoms with E-state index in [4.69, 9.17) is 14.2 Å². The van der Waals surface area contributed by atoms with Crippen LogP contribution < -0.4 is 0 Å². The van der Waals surface area contributed by atoms with Crippen LogP contribution >= 0.6 is 0 Å². The maximum Gasteiger partial charge on any atom is 0.306 e. The second kappa shape index (κ2) is 57.2. The van der Waals surface area contributed by atoms with E-state index in [2.05, 4.69) is 106 Å². The molecule has 0 heterocycles. The minimum Gasteiger partial charge on any atom is -0.462 e. The van der Waals surface area contributed by atoms with Crippen molar-refractivity contribution in [2.45, 2.75) is 284 Å². The minimum absolute atomic E-state index is 0.0958. The first-order chi connectivity index (χ1) is 34.0. The van der Waals surface area contributed by atoms with E-state index in [1.165, 1.54) is 122 Å². The van der Waals surface area contributed by atoms with E-state index in [1.807, 2.05) is 0 Å². The van der Waals surface area contributed by atoms with Crippen molar-refractivity contribution in [1.82, 2.24) is 0 Å². The van der Waals surface area contributed by atoms with Crippen LogP contribution in [-0.4, -0.2) is 37.2 Å². The van der Waals surface area contributed by atoms with Gasteiger partial charge in [0, 0.05) is 19.3 Å². The summed E-state index contributed by atoms with van der Waals surface area (Å²) >= 11 is 0. The first kappa shape index (κ1) is 65.6. The maximum atomic E-state index is 12.9. The Hall–Kier alpha value is -3.41. The van der Waals surface area contributed by atoms with Gasteiger partial charge in [0.25, 0.3) is 0 Å². The zero-order chi connectivity index (χ0) is 50.0. The van der Waals surface area contributed by atoms with Gasteiger partial charge in [-0.15, -0.1) is 0 Å². The summed E-state index contributed by atoms with van der Waals surface area (Å²) in [5.41, 5.74) is 0. The second-order valence-electron chi connectivity index (χ2n) is 19.2. The monoisotopic (exact) mass is 961 g/mol. The highest BCUT2D eigenvalue weighted by atomic mass is 16.6. The van der Waals surface area contributed by atoms with Gasteiger partial charge in [-0.25, -0.2) is 0 Å². The number of carbonyl (C=O) groups excluding carboxylic acids is 3. The Morgan fingerprint density at radius 1 is 0.319 bits per heavy atom. The molecular formula is C63H108O6. The molecule has 396 valence electrons. The average molecular weight is 962 g/mol. The molecule has 0 amide bonds. The number of hydrogen-bond donors (Lipinski definition) is 0. The molecule has 0 aromatic carbocycles. The molecule has 69 heavy (non-hydrogen) atoms. The van der Waals surface area contributed by atoms with Crippen molar-refractivity contribution in [3.05, 3.63) is 85.1 Å². The van der Waals surface area contributed by atoms with Crippen LogP contribution in [0.2, 0.25) is 0 Å². The van der Waals surface area contributed by atoms with Gasteiger partial charge in [-0.05, 0) is 83.5 Å². The summed E-state index contributed by atoms with van der Waals surface area (Å²) in [7, 11) is 0. The highest BCUT2D eigenvalue weighted by Gasteiger charge is 2.19. The fourth-order valence-corrected chi connectivity index (χ4v) is 8.08. The third kappa shape index (κ3) is 55.4. The molecule has 6 nitrogen and oxygen atoms in total. The molecule has 0 fully saturated rings. The van der Waals surface area contributed by atoms with Crippen molar-refractivity contribution in [3.8, 4) is 0 Å². The fraction of sp³-hybridized carbons (Fsp3) is 0.730. The molecule has 0 saturated carbocycles. The van der Waals surface area contributed by atoms with E-state index in [1.54, 1.807) is 0 Å². The van der Waals surface area contributed by atoms with E-state index in [9.17, 15) is 14.4 Å². The Morgan fingerprint density at radius 2 is 0.623 bits per heavy atom. The quantitative estimate of drug-likeness (QED) is 0.0199. The third-order valence-electron chi connectivity index (χ3n) is 12.4. The lowest BCUT2D eigenvalue weighted by Crippen LogP contribution is -2.30. The van der Waals surface area contributed by atoms with Crippen molar-refractivity contribution in [1.29, 1.82) is 0 Å². The van der Waals surface area contributed by atoms with Crippen molar-refractivity contribution in [2.75, 3.05) is 13.2 Å². The summed E-state index contributed by atoms with van der Waals surface area (Å²) in [6.07, 6.45) is 74.3. The predicted octanol–water partition coefficient (Wildman–Crippen LogP) is 19.5. The standard InChI is InChI=1S/C63H108O6/c1-4-7-10-13-16-19-22-25-28-31-33-35-38-41-44-47-50-53-56-62(65)68-59-60(58-67-61(64)55-52-49-46-43-40-37-34-30-27-24-21-18-15-12-9-6-3)69-63(66)57-54-51-48-45-42-39-36-32-29-26-23-20-17-14-11-8-5-2/h9,12,18,21-22,25,27-28,30-31,33,35,37,40,60H,4-8,10-11,13-17,19-20,23-24,26,29,32,34,36,38-39,41-59H2,1-3H3/b12-9-,21-18-,25-22-,30-27-,31-28-,35-33-,40-37-. The largest absolute Gasteiger partial charge is 0.462 e. The molecule has 1 atom stereocenters. The van der Waals surface area contributed by atoms with E-state index in [0.29, 0.717) is 19.3 Å². The molecule has 0 spiro atoms. The summed E-state index contributed by atoms with van der Waals surface area (Å²) < 4.78 is 16.8. The number of esters is 3. The van der Waals surface area contributed by atoms with Gasteiger partial charge in [-0.2, -0.15) is 0 Å². The van der Waals surface area contributed by atoms with Gasteiger partial charge in [-0.1, -0.05) is 260 Å². The lowest BCUT2D eigenvalue weighted by molar-refractivity contribution is -0.167. The van der Waals surface area contributed by atoms with Gasteiger partial charge in [-0.3, -0.25) is 14.4 Å². The molecule has 0 bridgehead atoms. The van der Waals surface area contributed by atoms with Crippen LogP contribution in [0.15, 0.2) is 85.1 Å². The van der Waals surface area contributed by atoms with E-state index < -0.39 is 6.10 Å². The molecule has 0 aliphatic heterocycles. The first-order valence-corrected chi connectivity index (χ1v) is 29.1. The van der Waals surface area contributed by atoms with Crippen molar-refractivity contribution in [3.63, 3.8) is 0 Å². The molecule has 0 N–H and O–H groups in total. The molecule has 0 rings (SSSR count). The topological polar surface area (TPSA) is 78.9 Å². The van der Waals surface area contributed by atoms with Crippen LogP contribution in [0.25, 0.3) is 0 Å². The van der Waals surface area contributed by atoms with Gasteiger partial charge in [0.15, 0.2) is 6.10 Å². The van der Waals surface area contributed by atoms with Crippen LogP contribution in [0.4, 0.5) is 0 Å². The van der Waals surface area contributed by atoms with Crippen LogP contribution in [0.5, 0.6) is 0 Å². The molecule has 0 saturated heterocycles. The Labute approximate surface area is 426 Å². The van der Waals surface area contributed by atoms with E-state index in [-0.39, 0.29) is 31.1 Å².